The van der Waals surface area contributed by atoms with Crippen LogP contribution in [0.25, 0.3) is 22.9 Å². The standard InChI is InChI=1S/C23H23N7O/c1-23(2)17-13-15(8-9-19(17)29(4)22(23)31)21-25-20(18-10-12-28(3)26-18)27-30(21)14-16-7-5-6-11-24-16/h5-13H,14H2,1-4H3. The van der Waals surface area contributed by atoms with Crippen LogP contribution >= 0.6 is 0 Å². The zero-order valence-corrected chi connectivity index (χ0v) is 17.9. The average Bonchev–Trinajstić information content (AvgIpc) is 3.42. The Labute approximate surface area is 180 Å². The summed E-state index contributed by atoms with van der Waals surface area (Å²) < 4.78 is 3.58. The molecule has 4 heterocycles. The van der Waals surface area contributed by atoms with E-state index >= 15 is 0 Å². The maximum Gasteiger partial charge on any atom is 0.236 e. The maximum atomic E-state index is 12.7. The minimum Gasteiger partial charge on any atom is -0.314 e. The second-order valence-corrected chi connectivity index (χ2v) is 8.33. The number of rotatable bonds is 4. The minimum absolute atomic E-state index is 0.0868. The first-order valence-electron chi connectivity index (χ1n) is 10.1. The molecule has 0 atom stereocenters. The number of likely N-dealkylation sites (N-methyl/N-ethyl adjacent to an activating group) is 1. The summed E-state index contributed by atoms with van der Waals surface area (Å²) in [5, 5.41) is 9.19. The quantitative estimate of drug-likeness (QED) is 0.514. The third kappa shape index (κ3) is 3.11. The lowest BCUT2D eigenvalue weighted by molar-refractivity contribution is -0.121. The highest BCUT2D eigenvalue weighted by Gasteiger charge is 2.42. The third-order valence-corrected chi connectivity index (χ3v) is 5.78. The molecule has 1 aliphatic heterocycles. The summed E-state index contributed by atoms with van der Waals surface area (Å²) in [5.74, 6) is 1.36. The van der Waals surface area contributed by atoms with Gasteiger partial charge in [0.15, 0.2) is 5.82 Å². The molecule has 0 fully saturated rings. The van der Waals surface area contributed by atoms with Crippen LogP contribution in [0, 0.1) is 0 Å². The number of pyridine rings is 1. The van der Waals surface area contributed by atoms with Crippen LogP contribution in [0.2, 0.25) is 0 Å². The normalized spacial score (nSPS) is 14.8. The molecule has 0 radical (unpaired) electrons. The fourth-order valence-electron chi connectivity index (χ4n) is 4.07. The third-order valence-electron chi connectivity index (χ3n) is 5.78. The maximum absolute atomic E-state index is 12.7. The van der Waals surface area contributed by atoms with Crippen molar-refractivity contribution < 1.29 is 4.79 Å². The number of nitrogens with zero attached hydrogens (tertiary/aromatic N) is 7. The van der Waals surface area contributed by atoms with Gasteiger partial charge in [-0.2, -0.15) is 5.10 Å². The first-order chi connectivity index (χ1) is 14.8. The molecule has 1 aromatic carbocycles. The zero-order valence-electron chi connectivity index (χ0n) is 17.9. The van der Waals surface area contributed by atoms with E-state index < -0.39 is 5.41 Å². The van der Waals surface area contributed by atoms with E-state index in [2.05, 4.69) is 16.1 Å². The lowest BCUT2D eigenvalue weighted by Crippen LogP contribution is -2.33. The van der Waals surface area contributed by atoms with E-state index in [0.29, 0.717) is 23.9 Å². The number of benzene rings is 1. The topological polar surface area (TPSA) is 81.7 Å². The van der Waals surface area contributed by atoms with E-state index in [1.54, 1.807) is 15.8 Å². The van der Waals surface area contributed by atoms with Crippen molar-refractivity contribution in [3.63, 3.8) is 0 Å². The van der Waals surface area contributed by atoms with Crippen molar-refractivity contribution in [2.75, 3.05) is 11.9 Å². The van der Waals surface area contributed by atoms with Gasteiger partial charge in [0, 0.05) is 37.7 Å². The van der Waals surface area contributed by atoms with Crippen molar-refractivity contribution in [1.29, 1.82) is 0 Å². The van der Waals surface area contributed by atoms with E-state index in [1.165, 1.54) is 0 Å². The summed E-state index contributed by atoms with van der Waals surface area (Å²) in [6.07, 6.45) is 3.64. The van der Waals surface area contributed by atoms with Gasteiger partial charge in [-0.25, -0.2) is 9.67 Å². The molecule has 156 valence electrons. The predicted octanol–water partition coefficient (Wildman–Crippen LogP) is 3.04. The van der Waals surface area contributed by atoms with E-state index in [1.807, 2.05) is 75.2 Å². The first kappa shape index (κ1) is 19.2. The van der Waals surface area contributed by atoms with Crippen LogP contribution in [0.1, 0.15) is 25.1 Å². The highest BCUT2D eigenvalue weighted by atomic mass is 16.2. The van der Waals surface area contributed by atoms with Crippen LogP contribution in [0.5, 0.6) is 0 Å². The van der Waals surface area contributed by atoms with Gasteiger partial charge in [0.1, 0.15) is 5.69 Å². The fourth-order valence-corrected chi connectivity index (χ4v) is 4.07. The molecule has 8 heteroatoms. The number of amides is 1. The second-order valence-electron chi connectivity index (χ2n) is 8.33. The molecule has 0 saturated heterocycles. The Hall–Kier alpha value is -3.81. The van der Waals surface area contributed by atoms with Crippen molar-refractivity contribution >= 4 is 11.6 Å². The minimum atomic E-state index is -0.588. The van der Waals surface area contributed by atoms with Gasteiger partial charge < -0.3 is 4.90 Å². The van der Waals surface area contributed by atoms with E-state index in [4.69, 9.17) is 10.1 Å². The summed E-state index contributed by atoms with van der Waals surface area (Å²) in [4.78, 5) is 23.7. The molecule has 5 rings (SSSR count). The van der Waals surface area contributed by atoms with Gasteiger partial charge in [-0.05, 0) is 55.8 Å². The Kier molecular flexibility index (Phi) is 4.25. The van der Waals surface area contributed by atoms with Crippen LogP contribution in [0.3, 0.4) is 0 Å². The van der Waals surface area contributed by atoms with E-state index in [9.17, 15) is 4.79 Å². The second kappa shape index (κ2) is 6.87. The smallest absolute Gasteiger partial charge is 0.236 e. The van der Waals surface area contributed by atoms with Crippen LogP contribution in [0.15, 0.2) is 54.9 Å². The molecule has 0 spiro atoms. The monoisotopic (exact) mass is 413 g/mol. The van der Waals surface area contributed by atoms with Gasteiger partial charge in [0.05, 0.1) is 17.7 Å². The molecule has 4 aromatic rings. The number of carbonyl (C=O) groups excluding carboxylic acids is 1. The largest absolute Gasteiger partial charge is 0.314 e. The van der Waals surface area contributed by atoms with Crippen molar-refractivity contribution in [2.24, 2.45) is 7.05 Å². The van der Waals surface area contributed by atoms with Gasteiger partial charge in [-0.15, -0.1) is 5.10 Å². The van der Waals surface area contributed by atoms with Crippen molar-refractivity contribution in [2.45, 2.75) is 25.8 Å². The van der Waals surface area contributed by atoms with Crippen LogP contribution in [-0.2, 0) is 23.8 Å². The average molecular weight is 413 g/mol. The van der Waals surface area contributed by atoms with E-state index in [-0.39, 0.29) is 5.91 Å². The van der Waals surface area contributed by atoms with Crippen LogP contribution in [-0.4, -0.2) is 42.5 Å². The van der Waals surface area contributed by atoms with Crippen molar-refractivity contribution in [3.05, 3.63) is 66.1 Å². The predicted molar refractivity (Wildman–Crippen MR) is 117 cm³/mol. The fraction of sp³-hybridized carbons (Fsp3) is 0.261. The lowest BCUT2D eigenvalue weighted by atomic mass is 9.85. The molecule has 8 nitrogen and oxygen atoms in total. The van der Waals surface area contributed by atoms with Gasteiger partial charge in [-0.1, -0.05) is 6.07 Å². The van der Waals surface area contributed by atoms with Crippen LogP contribution < -0.4 is 4.90 Å². The molecule has 31 heavy (non-hydrogen) atoms. The highest BCUT2D eigenvalue weighted by Crippen LogP contribution is 2.42. The molecule has 3 aromatic heterocycles. The molecule has 0 N–H and O–H groups in total. The summed E-state index contributed by atoms with van der Waals surface area (Å²) in [6, 6.07) is 13.7. The molecule has 1 aliphatic rings. The molecule has 1 amide bonds. The van der Waals surface area contributed by atoms with Gasteiger partial charge in [0.25, 0.3) is 0 Å². The number of carbonyl (C=O) groups is 1. The Morgan fingerprint density at radius 3 is 2.58 bits per heavy atom. The Morgan fingerprint density at radius 2 is 1.87 bits per heavy atom. The summed E-state index contributed by atoms with van der Waals surface area (Å²) >= 11 is 0. The van der Waals surface area contributed by atoms with E-state index in [0.717, 1.165) is 22.5 Å². The summed E-state index contributed by atoms with van der Waals surface area (Å²) in [6.45, 7) is 4.40. The number of hydrogen-bond donors (Lipinski definition) is 0. The number of aromatic nitrogens is 6. The number of aryl methyl sites for hydroxylation is 1. The van der Waals surface area contributed by atoms with Crippen molar-refractivity contribution in [1.82, 2.24) is 29.5 Å². The van der Waals surface area contributed by atoms with Crippen LogP contribution in [0.4, 0.5) is 5.69 Å². The first-order valence-corrected chi connectivity index (χ1v) is 10.1. The zero-order chi connectivity index (χ0) is 21.8. The molecular weight excluding hydrogens is 390 g/mol. The highest BCUT2D eigenvalue weighted by molar-refractivity contribution is 6.07. The molecule has 0 bridgehead atoms. The SMILES string of the molecule is CN1C(=O)C(C)(C)c2cc(-c3nc(-c4ccn(C)n4)nn3Cc3ccccn3)ccc21. The van der Waals surface area contributed by atoms with Gasteiger partial charge in [-0.3, -0.25) is 14.5 Å². The number of hydrogen-bond acceptors (Lipinski definition) is 5. The number of anilines is 1. The Balaban J connectivity index is 1.64. The molecule has 0 saturated carbocycles. The Bertz CT molecular complexity index is 1290. The van der Waals surface area contributed by atoms with Crippen molar-refractivity contribution in [3.8, 4) is 22.9 Å². The Morgan fingerprint density at radius 1 is 1.03 bits per heavy atom. The summed E-state index contributed by atoms with van der Waals surface area (Å²) in [7, 11) is 3.68. The molecule has 0 aliphatic carbocycles. The lowest BCUT2D eigenvalue weighted by Gasteiger charge is -2.16. The van der Waals surface area contributed by atoms with Gasteiger partial charge >= 0.3 is 0 Å². The summed E-state index contributed by atoms with van der Waals surface area (Å²) in [5.41, 5.74) is 3.83. The molecular formula is C23H23N7O. The molecule has 0 unspecified atom stereocenters. The number of fused-ring (bicyclic) bond motifs is 1. The van der Waals surface area contributed by atoms with Gasteiger partial charge in [0.2, 0.25) is 11.7 Å².